The SMILES string of the molecule is C[C@@H]1[C@H](C)CCC[C@@H]1NC(=O)CSc1nc2ccccc2o1. The summed E-state index contributed by atoms with van der Waals surface area (Å²) >= 11 is 1.36. The van der Waals surface area contributed by atoms with Gasteiger partial charge in [-0.05, 0) is 30.4 Å². The molecule has 5 heteroatoms. The van der Waals surface area contributed by atoms with E-state index in [0.29, 0.717) is 28.9 Å². The van der Waals surface area contributed by atoms with Crippen LogP contribution in [0.5, 0.6) is 0 Å². The molecule has 2 aromatic rings. The Morgan fingerprint density at radius 3 is 3.00 bits per heavy atom. The third kappa shape index (κ3) is 3.46. The molecule has 1 heterocycles. The first-order chi connectivity index (χ1) is 10.6. The Morgan fingerprint density at radius 2 is 2.18 bits per heavy atom. The van der Waals surface area contributed by atoms with Gasteiger partial charge in [0, 0.05) is 6.04 Å². The van der Waals surface area contributed by atoms with E-state index in [2.05, 4.69) is 24.1 Å². The average Bonchev–Trinajstić information content (AvgIpc) is 2.93. The maximum atomic E-state index is 12.2. The molecule has 1 amide bonds. The predicted molar refractivity (Wildman–Crippen MR) is 88.8 cm³/mol. The Kier molecular flexibility index (Phi) is 4.71. The van der Waals surface area contributed by atoms with Crippen LogP contribution < -0.4 is 5.32 Å². The van der Waals surface area contributed by atoms with Gasteiger partial charge in [-0.2, -0.15) is 0 Å². The first-order valence-electron chi connectivity index (χ1n) is 7.91. The van der Waals surface area contributed by atoms with Gasteiger partial charge in [-0.15, -0.1) is 0 Å². The smallest absolute Gasteiger partial charge is 0.257 e. The second kappa shape index (κ2) is 6.73. The molecular weight excluding hydrogens is 296 g/mol. The zero-order chi connectivity index (χ0) is 15.5. The fourth-order valence-electron chi connectivity index (χ4n) is 3.07. The minimum absolute atomic E-state index is 0.0678. The van der Waals surface area contributed by atoms with Gasteiger partial charge in [0.05, 0.1) is 5.75 Å². The lowest BCUT2D eigenvalue weighted by atomic mass is 9.78. The highest BCUT2D eigenvalue weighted by atomic mass is 32.2. The lowest BCUT2D eigenvalue weighted by molar-refractivity contribution is -0.120. The predicted octanol–water partition coefficient (Wildman–Crippen LogP) is 3.86. The van der Waals surface area contributed by atoms with Crippen molar-refractivity contribution < 1.29 is 9.21 Å². The Labute approximate surface area is 135 Å². The number of fused-ring (bicyclic) bond motifs is 1. The summed E-state index contributed by atoms with van der Waals surface area (Å²) in [6.07, 6.45) is 3.56. The fourth-order valence-corrected chi connectivity index (χ4v) is 3.72. The largest absolute Gasteiger partial charge is 0.431 e. The third-order valence-electron chi connectivity index (χ3n) is 4.65. The van der Waals surface area contributed by atoms with Crippen LogP contribution in [0, 0.1) is 11.8 Å². The third-order valence-corrected chi connectivity index (χ3v) is 5.48. The van der Waals surface area contributed by atoms with E-state index < -0.39 is 0 Å². The number of carbonyl (C=O) groups excluding carboxylic acids is 1. The number of nitrogens with one attached hydrogen (secondary N) is 1. The van der Waals surface area contributed by atoms with Crippen LogP contribution in [0.3, 0.4) is 0 Å². The van der Waals surface area contributed by atoms with Crippen molar-refractivity contribution in [3.63, 3.8) is 0 Å². The van der Waals surface area contributed by atoms with Crippen molar-refractivity contribution in [1.82, 2.24) is 10.3 Å². The summed E-state index contributed by atoms with van der Waals surface area (Å²) in [4.78, 5) is 16.5. The Bertz CT molecular complexity index is 622. The highest BCUT2D eigenvalue weighted by Gasteiger charge is 2.28. The van der Waals surface area contributed by atoms with E-state index in [-0.39, 0.29) is 5.91 Å². The Morgan fingerprint density at radius 1 is 1.36 bits per heavy atom. The Hall–Kier alpha value is -1.49. The average molecular weight is 318 g/mol. The van der Waals surface area contributed by atoms with Crippen LogP contribution in [-0.2, 0) is 4.79 Å². The molecule has 1 saturated carbocycles. The minimum atomic E-state index is 0.0678. The van der Waals surface area contributed by atoms with Gasteiger partial charge in [-0.25, -0.2) is 4.98 Å². The van der Waals surface area contributed by atoms with Gasteiger partial charge in [0.2, 0.25) is 5.91 Å². The fraction of sp³-hybridized carbons (Fsp3) is 0.529. The van der Waals surface area contributed by atoms with Gasteiger partial charge in [0.1, 0.15) is 5.52 Å². The van der Waals surface area contributed by atoms with E-state index in [9.17, 15) is 4.79 Å². The van der Waals surface area contributed by atoms with Crippen molar-refractivity contribution in [1.29, 1.82) is 0 Å². The van der Waals surface area contributed by atoms with Gasteiger partial charge in [-0.1, -0.05) is 50.6 Å². The zero-order valence-corrected chi connectivity index (χ0v) is 13.9. The van der Waals surface area contributed by atoms with Gasteiger partial charge in [0.15, 0.2) is 5.58 Å². The van der Waals surface area contributed by atoms with Crippen LogP contribution >= 0.6 is 11.8 Å². The summed E-state index contributed by atoms with van der Waals surface area (Å²) in [7, 11) is 0. The molecule has 0 bridgehead atoms. The van der Waals surface area contributed by atoms with Crippen LogP contribution in [0.2, 0.25) is 0 Å². The van der Waals surface area contributed by atoms with E-state index >= 15 is 0 Å². The second-order valence-electron chi connectivity index (χ2n) is 6.18. The molecule has 1 aliphatic carbocycles. The van der Waals surface area contributed by atoms with E-state index in [4.69, 9.17) is 4.42 Å². The minimum Gasteiger partial charge on any atom is -0.431 e. The molecule has 0 saturated heterocycles. The standard InChI is InChI=1S/C17H22N2O2S/c1-11-6-5-8-13(12(11)2)18-16(20)10-22-17-19-14-7-3-4-9-15(14)21-17/h3-4,7,9,11-13H,5-6,8,10H2,1-2H3,(H,18,20)/t11-,12-,13+/m1/s1. The monoisotopic (exact) mass is 318 g/mol. The van der Waals surface area contributed by atoms with Gasteiger partial charge < -0.3 is 9.73 Å². The van der Waals surface area contributed by atoms with E-state index in [1.165, 1.54) is 24.6 Å². The summed E-state index contributed by atoms with van der Waals surface area (Å²) in [5.74, 6) is 1.65. The summed E-state index contributed by atoms with van der Waals surface area (Å²) < 4.78 is 5.62. The number of amides is 1. The van der Waals surface area contributed by atoms with Crippen molar-refractivity contribution in [2.24, 2.45) is 11.8 Å². The van der Waals surface area contributed by atoms with Crippen LogP contribution in [0.25, 0.3) is 11.1 Å². The normalized spacial score (nSPS) is 25.3. The van der Waals surface area contributed by atoms with Crippen molar-refractivity contribution in [2.75, 3.05) is 5.75 Å². The zero-order valence-electron chi connectivity index (χ0n) is 13.0. The number of nitrogens with zero attached hydrogens (tertiary/aromatic N) is 1. The van der Waals surface area contributed by atoms with E-state index in [0.717, 1.165) is 17.5 Å². The van der Waals surface area contributed by atoms with E-state index in [1.54, 1.807) is 0 Å². The van der Waals surface area contributed by atoms with Crippen LogP contribution in [0.15, 0.2) is 33.9 Å². The van der Waals surface area contributed by atoms with Crippen LogP contribution in [0.1, 0.15) is 33.1 Å². The molecule has 0 aliphatic heterocycles. The molecule has 4 nitrogen and oxygen atoms in total. The Balaban J connectivity index is 1.53. The van der Waals surface area contributed by atoms with Gasteiger partial charge in [0.25, 0.3) is 5.22 Å². The number of carbonyl (C=O) groups is 1. The number of thioether (sulfide) groups is 1. The maximum Gasteiger partial charge on any atom is 0.257 e. The molecule has 118 valence electrons. The lowest BCUT2D eigenvalue weighted by Gasteiger charge is -2.34. The lowest BCUT2D eigenvalue weighted by Crippen LogP contribution is -2.44. The van der Waals surface area contributed by atoms with Gasteiger partial charge >= 0.3 is 0 Å². The molecule has 0 unspecified atom stereocenters. The number of hydrogen-bond donors (Lipinski definition) is 1. The maximum absolute atomic E-state index is 12.2. The molecule has 1 aromatic heterocycles. The topological polar surface area (TPSA) is 55.1 Å². The summed E-state index contributed by atoms with van der Waals surface area (Å²) in [6, 6.07) is 7.95. The second-order valence-corrected chi connectivity index (χ2v) is 7.10. The highest BCUT2D eigenvalue weighted by Crippen LogP contribution is 2.29. The number of para-hydroxylation sites is 2. The number of benzene rings is 1. The molecule has 1 aliphatic rings. The summed E-state index contributed by atoms with van der Waals surface area (Å²) in [5.41, 5.74) is 1.60. The molecular formula is C17H22N2O2S. The first-order valence-corrected chi connectivity index (χ1v) is 8.90. The first kappa shape index (κ1) is 15.4. The molecule has 0 radical (unpaired) electrons. The van der Waals surface area contributed by atoms with Crippen molar-refractivity contribution in [2.45, 2.75) is 44.4 Å². The molecule has 3 rings (SSSR count). The summed E-state index contributed by atoms with van der Waals surface area (Å²) in [5, 5.41) is 3.73. The molecule has 1 fully saturated rings. The molecule has 3 atom stereocenters. The van der Waals surface area contributed by atoms with Crippen LogP contribution in [-0.4, -0.2) is 22.7 Å². The number of hydrogen-bond acceptors (Lipinski definition) is 4. The quantitative estimate of drug-likeness (QED) is 0.870. The van der Waals surface area contributed by atoms with Crippen molar-refractivity contribution >= 4 is 28.8 Å². The number of aromatic nitrogens is 1. The molecule has 1 N–H and O–H groups in total. The van der Waals surface area contributed by atoms with Crippen molar-refractivity contribution in [3.8, 4) is 0 Å². The molecule has 1 aromatic carbocycles. The van der Waals surface area contributed by atoms with Crippen molar-refractivity contribution in [3.05, 3.63) is 24.3 Å². The molecule has 0 spiro atoms. The van der Waals surface area contributed by atoms with Gasteiger partial charge in [-0.3, -0.25) is 4.79 Å². The number of oxazole rings is 1. The summed E-state index contributed by atoms with van der Waals surface area (Å²) in [6.45, 7) is 4.51. The molecule has 22 heavy (non-hydrogen) atoms. The number of rotatable bonds is 4. The van der Waals surface area contributed by atoms with E-state index in [1.807, 2.05) is 24.3 Å². The highest BCUT2D eigenvalue weighted by molar-refractivity contribution is 7.99. The van der Waals surface area contributed by atoms with Crippen LogP contribution in [0.4, 0.5) is 0 Å².